The molecule has 112 valence electrons. The van der Waals surface area contributed by atoms with E-state index >= 15 is 0 Å². The van der Waals surface area contributed by atoms with Gasteiger partial charge < -0.3 is 5.32 Å². The number of aryl methyl sites for hydroxylation is 1. The first kappa shape index (κ1) is 14.1. The summed E-state index contributed by atoms with van der Waals surface area (Å²) in [7, 11) is 0. The fourth-order valence-electron chi connectivity index (χ4n) is 2.16. The van der Waals surface area contributed by atoms with E-state index < -0.39 is 0 Å². The van der Waals surface area contributed by atoms with Crippen LogP contribution in [0.4, 0.5) is 0 Å². The Morgan fingerprint density at radius 2 is 2.09 bits per heavy atom. The molecule has 0 radical (unpaired) electrons. The van der Waals surface area contributed by atoms with Gasteiger partial charge in [0, 0.05) is 12.2 Å². The van der Waals surface area contributed by atoms with Gasteiger partial charge in [-0.15, -0.1) is 5.10 Å². The molecular weight excluding hydrogens is 280 g/mol. The van der Waals surface area contributed by atoms with Gasteiger partial charge in [0.25, 0.3) is 5.91 Å². The van der Waals surface area contributed by atoms with Gasteiger partial charge in [-0.05, 0) is 26.0 Å². The van der Waals surface area contributed by atoms with Crippen molar-refractivity contribution in [2.45, 2.75) is 26.4 Å². The highest BCUT2D eigenvalue weighted by molar-refractivity contribution is 5.92. The minimum Gasteiger partial charge on any atom is -0.346 e. The first-order valence-electron chi connectivity index (χ1n) is 7.01. The molecule has 3 rings (SSSR count). The van der Waals surface area contributed by atoms with Crippen LogP contribution in [0.25, 0.3) is 11.0 Å². The van der Waals surface area contributed by atoms with E-state index in [0.717, 1.165) is 16.7 Å². The lowest BCUT2D eigenvalue weighted by Gasteiger charge is -2.13. The second-order valence-electron chi connectivity index (χ2n) is 5.18. The monoisotopic (exact) mass is 296 g/mol. The lowest BCUT2D eigenvalue weighted by molar-refractivity contribution is 0.0930. The molecule has 1 aromatic carbocycles. The van der Waals surface area contributed by atoms with Crippen LogP contribution in [0.15, 0.2) is 36.7 Å². The summed E-state index contributed by atoms with van der Waals surface area (Å²) in [6, 6.07) is 7.61. The van der Waals surface area contributed by atoms with Crippen molar-refractivity contribution in [1.29, 1.82) is 0 Å². The Hall–Kier alpha value is -2.83. The molecule has 0 spiro atoms. The van der Waals surface area contributed by atoms with E-state index in [1.807, 2.05) is 38.1 Å². The molecule has 0 fully saturated rings. The Morgan fingerprint density at radius 3 is 2.86 bits per heavy atom. The number of nitrogens with zero attached hydrogens (tertiary/aromatic N) is 5. The van der Waals surface area contributed by atoms with Crippen LogP contribution < -0.4 is 5.32 Å². The van der Waals surface area contributed by atoms with Gasteiger partial charge in [-0.2, -0.15) is 0 Å². The Morgan fingerprint density at radius 1 is 1.27 bits per heavy atom. The van der Waals surface area contributed by atoms with Crippen LogP contribution in [0, 0.1) is 6.92 Å². The summed E-state index contributed by atoms with van der Waals surface area (Å²) in [5, 5.41) is 11.1. The lowest BCUT2D eigenvalue weighted by atomic mass is 10.3. The molecule has 0 bridgehead atoms. The fourth-order valence-corrected chi connectivity index (χ4v) is 2.16. The van der Waals surface area contributed by atoms with Crippen LogP contribution in [-0.4, -0.2) is 36.9 Å². The SMILES string of the molecule is Cc1cnc(C(=O)N[C@H](C)Cn2nnc3ccccc32)cn1. The van der Waals surface area contributed by atoms with Gasteiger partial charge in [0.2, 0.25) is 0 Å². The molecule has 0 aliphatic rings. The number of carbonyl (C=O) groups is 1. The summed E-state index contributed by atoms with van der Waals surface area (Å²) in [4.78, 5) is 20.2. The highest BCUT2D eigenvalue weighted by Gasteiger charge is 2.13. The maximum Gasteiger partial charge on any atom is 0.271 e. The normalized spacial score (nSPS) is 12.3. The zero-order valence-electron chi connectivity index (χ0n) is 12.4. The molecule has 3 aromatic rings. The van der Waals surface area contributed by atoms with Gasteiger partial charge in [0.1, 0.15) is 11.2 Å². The molecule has 0 unspecified atom stereocenters. The summed E-state index contributed by atoms with van der Waals surface area (Å²) < 4.78 is 1.78. The number of carbonyl (C=O) groups excluding carboxylic acids is 1. The van der Waals surface area contributed by atoms with Crippen molar-refractivity contribution < 1.29 is 4.79 Å². The van der Waals surface area contributed by atoms with Crippen molar-refractivity contribution in [3.8, 4) is 0 Å². The predicted octanol–water partition coefficient (Wildman–Crippen LogP) is 1.35. The van der Waals surface area contributed by atoms with E-state index in [1.165, 1.54) is 6.20 Å². The van der Waals surface area contributed by atoms with Crippen LogP contribution in [0.1, 0.15) is 23.1 Å². The largest absolute Gasteiger partial charge is 0.346 e. The van der Waals surface area contributed by atoms with Gasteiger partial charge in [-0.3, -0.25) is 9.78 Å². The number of hydrogen-bond acceptors (Lipinski definition) is 5. The predicted molar refractivity (Wildman–Crippen MR) is 81.2 cm³/mol. The summed E-state index contributed by atoms with van der Waals surface area (Å²) in [6.45, 7) is 4.27. The fraction of sp³-hybridized carbons (Fsp3) is 0.267. The number of para-hydroxylation sites is 1. The Balaban J connectivity index is 1.68. The maximum absolute atomic E-state index is 12.1. The van der Waals surface area contributed by atoms with Gasteiger partial charge in [-0.1, -0.05) is 17.3 Å². The number of aromatic nitrogens is 5. The second kappa shape index (κ2) is 5.88. The first-order chi connectivity index (χ1) is 10.6. The number of nitrogens with one attached hydrogen (secondary N) is 1. The number of fused-ring (bicyclic) bond motifs is 1. The van der Waals surface area contributed by atoms with Crippen molar-refractivity contribution >= 4 is 16.9 Å². The van der Waals surface area contributed by atoms with Crippen LogP contribution in [-0.2, 0) is 6.54 Å². The molecule has 2 aromatic heterocycles. The number of amides is 1. The average molecular weight is 296 g/mol. The summed E-state index contributed by atoms with van der Waals surface area (Å²) in [5.74, 6) is -0.246. The van der Waals surface area contributed by atoms with Crippen LogP contribution in [0.5, 0.6) is 0 Å². The first-order valence-corrected chi connectivity index (χ1v) is 7.01. The molecule has 7 nitrogen and oxygen atoms in total. The number of hydrogen-bond donors (Lipinski definition) is 1. The van der Waals surface area contributed by atoms with Gasteiger partial charge >= 0.3 is 0 Å². The van der Waals surface area contributed by atoms with Crippen LogP contribution >= 0.6 is 0 Å². The third-order valence-electron chi connectivity index (χ3n) is 3.26. The molecule has 0 aliphatic heterocycles. The zero-order chi connectivity index (χ0) is 15.5. The summed E-state index contributed by atoms with van der Waals surface area (Å²) in [5.41, 5.74) is 2.86. The number of benzene rings is 1. The van der Waals surface area contributed by atoms with Crippen molar-refractivity contribution in [1.82, 2.24) is 30.3 Å². The van der Waals surface area contributed by atoms with Gasteiger partial charge in [0.05, 0.1) is 24.0 Å². The van der Waals surface area contributed by atoms with E-state index in [-0.39, 0.29) is 11.9 Å². The average Bonchev–Trinajstić information content (AvgIpc) is 2.91. The third-order valence-corrected chi connectivity index (χ3v) is 3.26. The molecule has 1 amide bonds. The molecule has 0 aliphatic carbocycles. The zero-order valence-corrected chi connectivity index (χ0v) is 12.4. The van der Waals surface area contributed by atoms with Crippen molar-refractivity contribution in [3.05, 3.63) is 48.0 Å². The molecule has 1 N–H and O–H groups in total. The highest BCUT2D eigenvalue weighted by atomic mass is 16.1. The van der Waals surface area contributed by atoms with Crippen molar-refractivity contribution in [2.24, 2.45) is 0 Å². The quantitative estimate of drug-likeness (QED) is 0.785. The number of rotatable bonds is 4. The molecule has 1 atom stereocenters. The van der Waals surface area contributed by atoms with Gasteiger partial charge in [-0.25, -0.2) is 9.67 Å². The van der Waals surface area contributed by atoms with E-state index in [1.54, 1.807) is 10.9 Å². The van der Waals surface area contributed by atoms with Gasteiger partial charge in [0.15, 0.2) is 0 Å². The second-order valence-corrected chi connectivity index (χ2v) is 5.18. The standard InChI is InChI=1S/C15H16N6O/c1-10-7-17-13(8-16-10)15(22)18-11(2)9-21-14-6-4-3-5-12(14)19-20-21/h3-8,11H,9H2,1-2H3,(H,18,22)/t11-/m1/s1. The lowest BCUT2D eigenvalue weighted by Crippen LogP contribution is -2.36. The Labute approximate surface area is 127 Å². The minimum absolute atomic E-state index is 0.110. The van der Waals surface area contributed by atoms with E-state index in [0.29, 0.717) is 12.2 Å². The third kappa shape index (κ3) is 2.93. The molecule has 0 saturated heterocycles. The van der Waals surface area contributed by atoms with E-state index in [4.69, 9.17) is 0 Å². The van der Waals surface area contributed by atoms with Crippen LogP contribution in [0.2, 0.25) is 0 Å². The van der Waals surface area contributed by atoms with Crippen molar-refractivity contribution in [3.63, 3.8) is 0 Å². The Bertz CT molecular complexity index is 795. The maximum atomic E-state index is 12.1. The summed E-state index contributed by atoms with van der Waals surface area (Å²) in [6.07, 6.45) is 3.05. The van der Waals surface area contributed by atoms with Crippen molar-refractivity contribution in [2.75, 3.05) is 0 Å². The summed E-state index contributed by atoms with van der Waals surface area (Å²) >= 11 is 0. The van der Waals surface area contributed by atoms with E-state index in [9.17, 15) is 4.79 Å². The highest BCUT2D eigenvalue weighted by Crippen LogP contribution is 2.10. The Kier molecular flexibility index (Phi) is 3.78. The molecule has 0 saturated carbocycles. The van der Waals surface area contributed by atoms with Crippen LogP contribution in [0.3, 0.4) is 0 Å². The minimum atomic E-state index is -0.246. The topological polar surface area (TPSA) is 85.6 Å². The molecule has 22 heavy (non-hydrogen) atoms. The van der Waals surface area contributed by atoms with E-state index in [2.05, 4.69) is 25.6 Å². The molecular formula is C15H16N6O. The molecule has 2 heterocycles. The molecule has 7 heteroatoms. The smallest absolute Gasteiger partial charge is 0.271 e.